The van der Waals surface area contributed by atoms with E-state index in [1.807, 2.05) is 6.07 Å². The van der Waals surface area contributed by atoms with Gasteiger partial charge in [-0.1, -0.05) is 0 Å². The van der Waals surface area contributed by atoms with E-state index in [1.54, 1.807) is 19.1 Å². The van der Waals surface area contributed by atoms with Crippen LogP contribution in [0.4, 0.5) is 0 Å². The third-order valence-corrected chi connectivity index (χ3v) is 2.66. The molecule has 0 saturated carbocycles. The lowest BCUT2D eigenvalue weighted by atomic mass is 10.1. The Bertz CT molecular complexity index is 440. The van der Waals surface area contributed by atoms with E-state index in [-0.39, 0.29) is 29.7 Å². The second-order valence-electron chi connectivity index (χ2n) is 3.40. The SMILES string of the molecule is CC(C#N)CNC(=O)c1cc(I)ccc1O. The van der Waals surface area contributed by atoms with Crippen molar-refractivity contribution in [2.45, 2.75) is 6.92 Å². The Balaban J connectivity index is 2.74. The van der Waals surface area contributed by atoms with Crippen LogP contribution in [-0.2, 0) is 0 Å². The first-order valence-corrected chi connectivity index (χ1v) is 5.78. The van der Waals surface area contributed by atoms with Crippen LogP contribution >= 0.6 is 22.6 Å². The minimum absolute atomic E-state index is 0.0532. The van der Waals surface area contributed by atoms with Crippen molar-refractivity contribution in [3.05, 3.63) is 27.3 Å². The predicted molar refractivity (Wildman–Crippen MR) is 67.9 cm³/mol. The van der Waals surface area contributed by atoms with Crippen LogP contribution in [0.2, 0.25) is 0 Å². The summed E-state index contributed by atoms with van der Waals surface area (Å²) >= 11 is 2.06. The average Bonchev–Trinajstić information content (AvgIpc) is 2.28. The number of nitriles is 1. The maximum Gasteiger partial charge on any atom is 0.255 e. The molecule has 1 aromatic carbocycles. The largest absolute Gasteiger partial charge is 0.507 e. The molecule has 0 aliphatic carbocycles. The number of amides is 1. The molecule has 1 rings (SSSR count). The molecule has 0 aliphatic heterocycles. The molecule has 1 amide bonds. The standard InChI is InChI=1S/C11H11IN2O2/c1-7(5-13)6-14-11(16)9-4-8(12)2-3-10(9)15/h2-4,7,15H,6H2,1H3,(H,14,16). The molecule has 0 aromatic heterocycles. The van der Waals surface area contributed by atoms with E-state index in [9.17, 15) is 9.90 Å². The van der Waals surface area contributed by atoms with E-state index < -0.39 is 0 Å². The fourth-order valence-electron chi connectivity index (χ4n) is 1.08. The third-order valence-electron chi connectivity index (χ3n) is 1.99. The van der Waals surface area contributed by atoms with Gasteiger partial charge in [0.05, 0.1) is 17.6 Å². The van der Waals surface area contributed by atoms with Crippen LogP contribution in [0.5, 0.6) is 5.75 Å². The Hall–Kier alpha value is -1.29. The van der Waals surface area contributed by atoms with Crippen molar-refractivity contribution in [1.29, 1.82) is 5.26 Å². The molecule has 0 heterocycles. The molecule has 0 saturated heterocycles. The summed E-state index contributed by atoms with van der Waals surface area (Å²) in [6.45, 7) is 2.00. The first kappa shape index (κ1) is 12.8. The van der Waals surface area contributed by atoms with Crippen LogP contribution in [-0.4, -0.2) is 17.6 Å². The van der Waals surface area contributed by atoms with Gasteiger partial charge in [0, 0.05) is 10.1 Å². The van der Waals surface area contributed by atoms with Crippen molar-refractivity contribution < 1.29 is 9.90 Å². The van der Waals surface area contributed by atoms with Crippen LogP contribution in [0.15, 0.2) is 18.2 Å². The van der Waals surface area contributed by atoms with Crippen molar-refractivity contribution in [1.82, 2.24) is 5.32 Å². The van der Waals surface area contributed by atoms with Crippen molar-refractivity contribution in [2.75, 3.05) is 6.54 Å². The van der Waals surface area contributed by atoms with Gasteiger partial charge in [-0.2, -0.15) is 5.26 Å². The smallest absolute Gasteiger partial charge is 0.255 e. The fraction of sp³-hybridized carbons (Fsp3) is 0.273. The summed E-state index contributed by atoms with van der Waals surface area (Å²) in [5.41, 5.74) is 0.233. The van der Waals surface area contributed by atoms with Gasteiger partial charge in [-0.3, -0.25) is 4.79 Å². The quantitative estimate of drug-likeness (QED) is 0.831. The minimum Gasteiger partial charge on any atom is -0.507 e. The minimum atomic E-state index is -0.363. The van der Waals surface area contributed by atoms with Gasteiger partial charge in [-0.05, 0) is 47.7 Å². The number of phenolic OH excluding ortho intramolecular Hbond substituents is 1. The third kappa shape index (κ3) is 3.38. The zero-order valence-corrected chi connectivity index (χ0v) is 10.9. The lowest BCUT2D eigenvalue weighted by molar-refractivity contribution is 0.0948. The van der Waals surface area contributed by atoms with Gasteiger partial charge in [-0.15, -0.1) is 0 Å². The second-order valence-corrected chi connectivity index (χ2v) is 4.65. The number of rotatable bonds is 3. The van der Waals surface area contributed by atoms with Gasteiger partial charge in [0.1, 0.15) is 5.75 Å². The van der Waals surface area contributed by atoms with Gasteiger partial charge in [0.25, 0.3) is 5.91 Å². The summed E-state index contributed by atoms with van der Waals surface area (Å²) in [4.78, 5) is 11.7. The van der Waals surface area contributed by atoms with Gasteiger partial charge >= 0.3 is 0 Å². The number of benzene rings is 1. The predicted octanol–water partition coefficient (Wildman–Crippen LogP) is 1.89. The number of nitrogens with zero attached hydrogens (tertiary/aromatic N) is 1. The number of carbonyl (C=O) groups excluding carboxylic acids is 1. The molecular formula is C11H11IN2O2. The maximum atomic E-state index is 11.7. The topological polar surface area (TPSA) is 73.1 Å². The van der Waals surface area contributed by atoms with E-state index in [0.717, 1.165) is 3.57 Å². The zero-order chi connectivity index (χ0) is 12.1. The molecule has 16 heavy (non-hydrogen) atoms. The van der Waals surface area contributed by atoms with Crippen LogP contribution in [0.25, 0.3) is 0 Å². The molecular weight excluding hydrogens is 319 g/mol. The van der Waals surface area contributed by atoms with Crippen molar-refractivity contribution >= 4 is 28.5 Å². The number of nitrogens with one attached hydrogen (secondary N) is 1. The molecule has 5 heteroatoms. The lowest BCUT2D eigenvalue weighted by Gasteiger charge is -2.07. The Kier molecular flexibility index (Phi) is 4.55. The van der Waals surface area contributed by atoms with Gasteiger partial charge in [-0.25, -0.2) is 0 Å². The molecule has 0 spiro atoms. The molecule has 0 fully saturated rings. The Morgan fingerprint density at radius 2 is 2.38 bits per heavy atom. The highest BCUT2D eigenvalue weighted by Crippen LogP contribution is 2.19. The Morgan fingerprint density at radius 3 is 3.00 bits per heavy atom. The highest BCUT2D eigenvalue weighted by atomic mass is 127. The molecule has 1 unspecified atom stereocenters. The van der Waals surface area contributed by atoms with E-state index in [0.29, 0.717) is 0 Å². The average molecular weight is 330 g/mol. The molecule has 84 valence electrons. The van der Waals surface area contributed by atoms with E-state index in [1.165, 1.54) is 6.07 Å². The number of carbonyl (C=O) groups is 1. The first-order valence-electron chi connectivity index (χ1n) is 4.71. The number of phenols is 1. The molecule has 4 nitrogen and oxygen atoms in total. The first-order chi connectivity index (χ1) is 7.54. The molecule has 1 aromatic rings. The Morgan fingerprint density at radius 1 is 1.69 bits per heavy atom. The number of hydrogen-bond acceptors (Lipinski definition) is 3. The van der Waals surface area contributed by atoms with Gasteiger partial charge in [0.2, 0.25) is 0 Å². The lowest BCUT2D eigenvalue weighted by Crippen LogP contribution is -2.27. The normalized spacial score (nSPS) is 11.6. The summed E-state index contributed by atoms with van der Waals surface area (Å²) in [6.07, 6.45) is 0. The summed E-state index contributed by atoms with van der Waals surface area (Å²) in [7, 11) is 0. The molecule has 0 bridgehead atoms. The highest BCUT2D eigenvalue weighted by molar-refractivity contribution is 14.1. The number of aromatic hydroxyl groups is 1. The van der Waals surface area contributed by atoms with Gasteiger partial charge < -0.3 is 10.4 Å². The van der Waals surface area contributed by atoms with E-state index in [2.05, 4.69) is 27.9 Å². The summed E-state index contributed by atoms with van der Waals surface area (Å²) in [5.74, 6) is -0.658. The van der Waals surface area contributed by atoms with Crippen LogP contribution in [0.1, 0.15) is 17.3 Å². The van der Waals surface area contributed by atoms with E-state index in [4.69, 9.17) is 5.26 Å². The summed E-state index contributed by atoms with van der Waals surface area (Å²) in [6, 6.07) is 6.81. The maximum absolute atomic E-state index is 11.7. The number of hydrogen-bond donors (Lipinski definition) is 2. The van der Waals surface area contributed by atoms with Crippen LogP contribution < -0.4 is 5.32 Å². The molecule has 0 aliphatic rings. The molecule has 1 atom stereocenters. The Labute approximate surface area is 107 Å². The second kappa shape index (κ2) is 5.70. The highest BCUT2D eigenvalue weighted by Gasteiger charge is 2.12. The summed E-state index contributed by atoms with van der Waals surface area (Å²) < 4.78 is 0.869. The van der Waals surface area contributed by atoms with Crippen molar-refractivity contribution in [3.63, 3.8) is 0 Å². The molecule has 0 radical (unpaired) electrons. The van der Waals surface area contributed by atoms with Crippen LogP contribution in [0.3, 0.4) is 0 Å². The number of halogens is 1. The molecule has 2 N–H and O–H groups in total. The zero-order valence-electron chi connectivity index (χ0n) is 8.70. The van der Waals surface area contributed by atoms with Crippen molar-refractivity contribution in [3.8, 4) is 11.8 Å². The van der Waals surface area contributed by atoms with Gasteiger partial charge in [0.15, 0.2) is 0 Å². The van der Waals surface area contributed by atoms with E-state index >= 15 is 0 Å². The van der Waals surface area contributed by atoms with Crippen molar-refractivity contribution in [2.24, 2.45) is 5.92 Å². The van der Waals surface area contributed by atoms with Crippen LogP contribution in [0, 0.1) is 20.8 Å². The fourth-order valence-corrected chi connectivity index (χ4v) is 1.57. The summed E-state index contributed by atoms with van der Waals surface area (Å²) in [5, 5.41) is 20.7. The monoisotopic (exact) mass is 330 g/mol.